The lowest BCUT2D eigenvalue weighted by Crippen LogP contribution is -2.64. The standard InChI is InChI=1S/C33H37FN2O9S/c1-31(2,3)29(39)44-32(4,5)45-30(40)35-27(28(37)38)19-22-10-9-13-26(18-22)46(41,42)36-20-33(21-36,23-11-7-6-8-12-23)43-25-16-14-24(34)15-17-25/h6-18,27H,19-21H2,1-5H3,(H,35,40)(H,37,38)/t27-/m0/s1. The van der Waals surface area contributed by atoms with E-state index in [0.29, 0.717) is 11.3 Å². The van der Waals surface area contributed by atoms with Crippen LogP contribution in [0.15, 0.2) is 83.8 Å². The topological polar surface area (TPSA) is 149 Å². The van der Waals surface area contributed by atoms with E-state index >= 15 is 0 Å². The van der Waals surface area contributed by atoms with Crippen molar-refractivity contribution in [3.8, 4) is 5.75 Å². The Balaban J connectivity index is 1.47. The number of amides is 1. The van der Waals surface area contributed by atoms with Crippen LogP contribution in [-0.4, -0.2) is 60.8 Å². The zero-order chi connectivity index (χ0) is 33.9. The first-order valence-corrected chi connectivity index (χ1v) is 15.9. The molecule has 2 N–H and O–H groups in total. The predicted octanol–water partition coefficient (Wildman–Crippen LogP) is 4.85. The number of nitrogens with zero attached hydrogens (tertiary/aromatic N) is 1. The van der Waals surface area contributed by atoms with Gasteiger partial charge in [-0.2, -0.15) is 4.31 Å². The maximum Gasteiger partial charge on any atom is 0.411 e. The van der Waals surface area contributed by atoms with Crippen molar-refractivity contribution < 1.29 is 46.5 Å². The van der Waals surface area contributed by atoms with Gasteiger partial charge in [-0.1, -0.05) is 42.5 Å². The van der Waals surface area contributed by atoms with Gasteiger partial charge in [0.25, 0.3) is 5.79 Å². The second-order valence-corrected chi connectivity index (χ2v) is 14.4. The fourth-order valence-electron chi connectivity index (χ4n) is 4.68. The number of esters is 1. The number of benzene rings is 3. The quantitative estimate of drug-likeness (QED) is 0.218. The molecule has 1 aliphatic rings. The smallest absolute Gasteiger partial charge is 0.411 e. The maximum absolute atomic E-state index is 13.7. The maximum atomic E-state index is 13.7. The molecule has 46 heavy (non-hydrogen) atoms. The highest BCUT2D eigenvalue weighted by molar-refractivity contribution is 7.89. The van der Waals surface area contributed by atoms with E-state index in [9.17, 15) is 32.3 Å². The van der Waals surface area contributed by atoms with Crippen molar-refractivity contribution in [2.75, 3.05) is 13.1 Å². The molecule has 1 aliphatic heterocycles. The van der Waals surface area contributed by atoms with Gasteiger partial charge < -0.3 is 24.6 Å². The molecule has 4 rings (SSSR count). The van der Waals surface area contributed by atoms with Gasteiger partial charge in [0, 0.05) is 20.3 Å². The van der Waals surface area contributed by atoms with Crippen LogP contribution in [0, 0.1) is 11.2 Å². The summed E-state index contributed by atoms with van der Waals surface area (Å²) in [5, 5.41) is 12.0. The number of nitrogens with one attached hydrogen (secondary N) is 1. The van der Waals surface area contributed by atoms with Gasteiger partial charge >= 0.3 is 18.0 Å². The zero-order valence-electron chi connectivity index (χ0n) is 26.2. The molecule has 3 aromatic carbocycles. The molecule has 1 heterocycles. The predicted molar refractivity (Wildman–Crippen MR) is 165 cm³/mol. The molecule has 0 unspecified atom stereocenters. The second kappa shape index (κ2) is 13.1. The summed E-state index contributed by atoms with van der Waals surface area (Å²) in [4.78, 5) is 36.7. The fourth-order valence-corrected chi connectivity index (χ4v) is 6.29. The van der Waals surface area contributed by atoms with E-state index in [0.717, 1.165) is 5.56 Å². The number of carbonyl (C=O) groups excluding carboxylic acids is 2. The van der Waals surface area contributed by atoms with E-state index in [2.05, 4.69) is 5.32 Å². The number of aliphatic carboxylic acids is 1. The van der Waals surface area contributed by atoms with Crippen LogP contribution >= 0.6 is 0 Å². The Bertz CT molecular complexity index is 1680. The molecule has 13 heteroatoms. The normalized spacial score (nSPS) is 15.6. The molecule has 1 fully saturated rings. The van der Waals surface area contributed by atoms with Crippen LogP contribution in [0.25, 0.3) is 0 Å². The molecule has 1 saturated heterocycles. The molecule has 0 aliphatic carbocycles. The number of rotatable bonds is 11. The summed E-state index contributed by atoms with van der Waals surface area (Å²) in [5.74, 6) is -3.74. The summed E-state index contributed by atoms with van der Waals surface area (Å²) in [6.07, 6.45) is -1.40. The van der Waals surface area contributed by atoms with Gasteiger partial charge in [0.15, 0.2) is 5.60 Å². The van der Waals surface area contributed by atoms with Crippen LogP contribution in [-0.2, 0) is 41.1 Å². The molecule has 246 valence electrons. The first-order chi connectivity index (χ1) is 21.4. The third-order valence-corrected chi connectivity index (χ3v) is 8.93. The second-order valence-electron chi connectivity index (χ2n) is 12.5. The Labute approximate surface area is 267 Å². The number of hydrogen-bond donors (Lipinski definition) is 2. The van der Waals surface area contributed by atoms with E-state index < -0.39 is 56.7 Å². The van der Waals surface area contributed by atoms with E-state index in [1.807, 2.05) is 30.3 Å². The van der Waals surface area contributed by atoms with Crippen LogP contribution < -0.4 is 10.1 Å². The average molecular weight is 657 g/mol. The first-order valence-electron chi connectivity index (χ1n) is 14.5. The molecule has 0 saturated carbocycles. The average Bonchev–Trinajstić information content (AvgIpc) is 2.95. The third-order valence-electron chi connectivity index (χ3n) is 7.15. The van der Waals surface area contributed by atoms with Gasteiger partial charge in [-0.25, -0.2) is 22.4 Å². The van der Waals surface area contributed by atoms with E-state index in [1.165, 1.54) is 60.6 Å². The number of hydrogen-bond acceptors (Lipinski definition) is 8. The van der Waals surface area contributed by atoms with Gasteiger partial charge in [0.1, 0.15) is 17.6 Å². The lowest BCUT2D eigenvalue weighted by Gasteiger charge is -2.48. The van der Waals surface area contributed by atoms with Gasteiger partial charge in [0.2, 0.25) is 10.0 Å². The van der Waals surface area contributed by atoms with Crippen molar-refractivity contribution in [2.24, 2.45) is 5.41 Å². The van der Waals surface area contributed by atoms with Crippen LogP contribution in [0.1, 0.15) is 45.7 Å². The molecular weight excluding hydrogens is 619 g/mol. The molecule has 0 bridgehead atoms. The third kappa shape index (κ3) is 8.20. The number of alkyl carbamates (subject to hydrolysis) is 1. The van der Waals surface area contributed by atoms with Crippen molar-refractivity contribution in [3.63, 3.8) is 0 Å². The van der Waals surface area contributed by atoms with Crippen LogP contribution in [0.4, 0.5) is 9.18 Å². The Kier molecular flexibility index (Phi) is 9.78. The molecule has 1 atom stereocenters. The summed E-state index contributed by atoms with van der Waals surface area (Å²) < 4.78 is 58.7. The number of sulfonamides is 1. The first kappa shape index (κ1) is 34.4. The van der Waals surface area contributed by atoms with Gasteiger partial charge in [-0.05, 0) is 68.3 Å². The Morgan fingerprint density at radius 3 is 2.15 bits per heavy atom. The summed E-state index contributed by atoms with van der Waals surface area (Å²) in [5.41, 5.74) is -0.805. The summed E-state index contributed by atoms with van der Waals surface area (Å²) in [7, 11) is -4.04. The molecule has 0 aromatic heterocycles. The summed E-state index contributed by atoms with van der Waals surface area (Å²) in [6.45, 7) is 7.51. The van der Waals surface area contributed by atoms with Gasteiger partial charge in [-0.15, -0.1) is 0 Å². The van der Waals surface area contributed by atoms with Crippen molar-refractivity contribution in [2.45, 2.75) is 63.4 Å². The van der Waals surface area contributed by atoms with E-state index in [4.69, 9.17) is 14.2 Å². The Hall–Kier alpha value is -4.49. The van der Waals surface area contributed by atoms with Crippen molar-refractivity contribution in [3.05, 3.63) is 95.8 Å². The fraction of sp³-hybridized carbons (Fsp3) is 0.364. The number of halogens is 1. The highest BCUT2D eigenvalue weighted by Crippen LogP contribution is 2.40. The molecule has 0 spiro atoms. The monoisotopic (exact) mass is 656 g/mol. The number of carboxylic acids is 1. The minimum absolute atomic E-state index is 0.0261. The number of carboxylic acid groups (broad SMARTS) is 1. The molecule has 1 amide bonds. The number of carbonyl (C=O) groups is 3. The lowest BCUT2D eigenvalue weighted by atomic mass is 9.87. The highest BCUT2D eigenvalue weighted by atomic mass is 32.2. The summed E-state index contributed by atoms with van der Waals surface area (Å²) in [6, 6.07) is 18.8. The zero-order valence-corrected chi connectivity index (χ0v) is 27.0. The van der Waals surface area contributed by atoms with Crippen LogP contribution in [0.2, 0.25) is 0 Å². The minimum Gasteiger partial charge on any atom is -0.480 e. The van der Waals surface area contributed by atoms with Crippen molar-refractivity contribution in [1.29, 1.82) is 0 Å². The van der Waals surface area contributed by atoms with Crippen molar-refractivity contribution >= 4 is 28.1 Å². The minimum atomic E-state index is -4.04. The number of ether oxygens (including phenoxy) is 3. The lowest BCUT2D eigenvalue weighted by molar-refractivity contribution is -0.203. The van der Waals surface area contributed by atoms with Gasteiger partial charge in [-0.3, -0.25) is 4.79 Å². The summed E-state index contributed by atoms with van der Waals surface area (Å²) >= 11 is 0. The molecular formula is C33H37FN2O9S. The largest absolute Gasteiger partial charge is 0.480 e. The van der Waals surface area contributed by atoms with Crippen LogP contribution in [0.5, 0.6) is 5.75 Å². The molecule has 3 aromatic rings. The Morgan fingerprint density at radius 2 is 1.57 bits per heavy atom. The van der Waals surface area contributed by atoms with E-state index in [1.54, 1.807) is 26.8 Å². The molecule has 11 nitrogen and oxygen atoms in total. The van der Waals surface area contributed by atoms with Crippen molar-refractivity contribution in [1.82, 2.24) is 9.62 Å². The molecule has 0 radical (unpaired) electrons. The highest BCUT2D eigenvalue weighted by Gasteiger charge is 2.52. The van der Waals surface area contributed by atoms with Gasteiger partial charge in [0.05, 0.1) is 23.4 Å². The van der Waals surface area contributed by atoms with E-state index in [-0.39, 0.29) is 24.4 Å². The Morgan fingerprint density at radius 1 is 0.935 bits per heavy atom. The SMILES string of the molecule is CC(C)(OC(=O)N[C@@H](Cc1cccc(S(=O)(=O)N2CC(Oc3ccc(F)cc3)(c3ccccc3)C2)c1)C(=O)O)OC(=O)C(C)(C)C. The van der Waals surface area contributed by atoms with Crippen LogP contribution in [0.3, 0.4) is 0 Å².